The highest BCUT2D eigenvalue weighted by Gasteiger charge is 2.43. The average Bonchev–Trinajstić information content (AvgIpc) is 3.12. The molecule has 24 heavy (non-hydrogen) atoms. The molecule has 2 heterocycles. The predicted octanol–water partition coefficient (Wildman–Crippen LogP) is 4.20. The van der Waals surface area contributed by atoms with Gasteiger partial charge in [-0.25, -0.2) is 4.79 Å². The van der Waals surface area contributed by atoms with E-state index in [1.54, 1.807) is 26.0 Å². The van der Waals surface area contributed by atoms with Gasteiger partial charge < -0.3 is 13.9 Å². The number of carbonyl (C=O) groups excluding carboxylic acids is 2. The number of rotatable bonds is 2. The number of esters is 1. The van der Waals surface area contributed by atoms with Crippen LogP contribution in [0.5, 0.6) is 5.75 Å². The summed E-state index contributed by atoms with van der Waals surface area (Å²) in [7, 11) is 0. The summed E-state index contributed by atoms with van der Waals surface area (Å²) in [5.41, 5.74) is 1.37. The molecule has 1 saturated carbocycles. The van der Waals surface area contributed by atoms with Gasteiger partial charge in [0, 0.05) is 10.9 Å². The molecule has 0 atom stereocenters. The number of ether oxygens (including phenoxy) is 2. The molecular weight excluding hydrogens is 308 g/mol. The van der Waals surface area contributed by atoms with Crippen LogP contribution in [0.15, 0.2) is 16.5 Å². The van der Waals surface area contributed by atoms with Gasteiger partial charge in [0.1, 0.15) is 16.9 Å². The summed E-state index contributed by atoms with van der Waals surface area (Å²) in [6, 6.07) is 3.55. The second kappa shape index (κ2) is 5.36. The Balaban J connectivity index is 1.86. The maximum Gasteiger partial charge on any atom is 0.374 e. The summed E-state index contributed by atoms with van der Waals surface area (Å²) in [5.74, 6) is 0.341. The Bertz CT molecular complexity index is 839. The Morgan fingerprint density at radius 2 is 2.04 bits per heavy atom. The first-order valence-corrected chi connectivity index (χ1v) is 8.50. The molecule has 1 spiro atoms. The largest absolute Gasteiger partial charge is 0.486 e. The molecule has 0 N–H and O–H groups in total. The number of benzene rings is 1. The second-order valence-corrected chi connectivity index (χ2v) is 6.68. The van der Waals surface area contributed by atoms with Crippen molar-refractivity contribution in [3.05, 3.63) is 29.0 Å². The minimum atomic E-state index is -0.503. The number of hydrogen-bond acceptors (Lipinski definition) is 5. The van der Waals surface area contributed by atoms with Gasteiger partial charge in [0.15, 0.2) is 5.78 Å². The zero-order chi connectivity index (χ0) is 16.9. The van der Waals surface area contributed by atoms with Crippen LogP contribution < -0.4 is 4.74 Å². The number of hydrogen-bond donors (Lipinski definition) is 0. The van der Waals surface area contributed by atoms with Gasteiger partial charge >= 0.3 is 5.97 Å². The minimum absolute atomic E-state index is 0.0723. The fourth-order valence-electron chi connectivity index (χ4n) is 4.02. The summed E-state index contributed by atoms with van der Waals surface area (Å²) in [4.78, 5) is 24.9. The molecule has 1 fully saturated rings. The van der Waals surface area contributed by atoms with Gasteiger partial charge in [0.05, 0.1) is 18.6 Å². The first kappa shape index (κ1) is 15.2. The SMILES string of the molecule is CCOC(=O)c1oc2ccc3c(c2c1C)C(=O)CC1(CCCC1)O3. The van der Waals surface area contributed by atoms with E-state index in [1.165, 1.54) is 0 Å². The van der Waals surface area contributed by atoms with E-state index in [9.17, 15) is 9.59 Å². The quantitative estimate of drug-likeness (QED) is 0.773. The molecule has 0 bridgehead atoms. The number of carbonyl (C=O) groups is 2. The van der Waals surface area contributed by atoms with Gasteiger partial charge in [-0.15, -0.1) is 0 Å². The third-order valence-corrected chi connectivity index (χ3v) is 5.12. The maximum absolute atomic E-state index is 12.9. The van der Waals surface area contributed by atoms with Gasteiger partial charge in [-0.3, -0.25) is 4.79 Å². The van der Waals surface area contributed by atoms with Crippen LogP contribution in [0.3, 0.4) is 0 Å². The smallest absolute Gasteiger partial charge is 0.374 e. The van der Waals surface area contributed by atoms with Crippen molar-refractivity contribution in [1.29, 1.82) is 0 Å². The van der Waals surface area contributed by atoms with Crippen LogP contribution in [0.1, 0.15) is 65.5 Å². The van der Waals surface area contributed by atoms with Gasteiger partial charge in [-0.2, -0.15) is 0 Å². The van der Waals surface area contributed by atoms with Crippen LogP contribution in [-0.4, -0.2) is 24.0 Å². The summed E-state index contributed by atoms with van der Waals surface area (Å²) in [6.45, 7) is 3.81. The molecule has 2 aromatic rings. The Hall–Kier alpha value is -2.30. The lowest BCUT2D eigenvalue weighted by Gasteiger charge is -2.34. The summed E-state index contributed by atoms with van der Waals surface area (Å²) in [5, 5.41) is 0.674. The highest BCUT2D eigenvalue weighted by Crippen LogP contribution is 2.46. The highest BCUT2D eigenvalue weighted by molar-refractivity contribution is 6.13. The van der Waals surface area contributed by atoms with Crippen molar-refractivity contribution in [2.45, 2.75) is 51.6 Å². The van der Waals surface area contributed by atoms with Gasteiger partial charge in [0.2, 0.25) is 5.76 Å². The van der Waals surface area contributed by atoms with Gasteiger partial charge in [-0.1, -0.05) is 0 Å². The van der Waals surface area contributed by atoms with E-state index in [1.807, 2.05) is 0 Å². The first-order chi connectivity index (χ1) is 11.5. The highest BCUT2D eigenvalue weighted by atomic mass is 16.5. The number of ketones is 1. The topological polar surface area (TPSA) is 65.7 Å². The molecule has 0 amide bonds. The lowest BCUT2D eigenvalue weighted by Crippen LogP contribution is -2.39. The van der Waals surface area contributed by atoms with E-state index >= 15 is 0 Å². The van der Waals surface area contributed by atoms with Crippen LogP contribution in [0.2, 0.25) is 0 Å². The van der Waals surface area contributed by atoms with E-state index in [0.29, 0.717) is 34.3 Å². The van der Waals surface area contributed by atoms with Crippen LogP contribution in [0.25, 0.3) is 11.0 Å². The molecule has 1 aliphatic heterocycles. The number of furan rings is 1. The Morgan fingerprint density at radius 1 is 1.29 bits per heavy atom. The van der Waals surface area contributed by atoms with Crippen molar-refractivity contribution in [2.24, 2.45) is 0 Å². The van der Waals surface area contributed by atoms with Crippen molar-refractivity contribution in [3.8, 4) is 5.75 Å². The third-order valence-electron chi connectivity index (χ3n) is 5.12. The lowest BCUT2D eigenvalue weighted by atomic mass is 9.87. The van der Waals surface area contributed by atoms with Crippen LogP contribution in [-0.2, 0) is 4.74 Å². The van der Waals surface area contributed by atoms with Crippen LogP contribution in [0.4, 0.5) is 0 Å². The molecule has 0 unspecified atom stereocenters. The molecular formula is C19H20O5. The molecule has 4 rings (SSSR count). The zero-order valence-corrected chi connectivity index (χ0v) is 13.9. The van der Waals surface area contributed by atoms with E-state index in [0.717, 1.165) is 25.7 Å². The molecule has 0 saturated heterocycles. The fourth-order valence-corrected chi connectivity index (χ4v) is 4.02. The van der Waals surface area contributed by atoms with Crippen LogP contribution >= 0.6 is 0 Å². The van der Waals surface area contributed by atoms with E-state index in [2.05, 4.69) is 0 Å². The number of Topliss-reactive ketones (excluding diaryl/α,β-unsaturated/α-hetero) is 1. The second-order valence-electron chi connectivity index (χ2n) is 6.68. The Labute approximate surface area is 139 Å². The van der Waals surface area contributed by atoms with E-state index in [4.69, 9.17) is 13.9 Å². The van der Waals surface area contributed by atoms with Crippen molar-refractivity contribution >= 4 is 22.7 Å². The standard InChI is InChI=1S/C19H20O5/c1-3-22-18(21)17-11(2)15-13(23-17)6-7-14-16(15)12(20)10-19(24-14)8-4-5-9-19/h6-7H,3-5,8-10H2,1-2H3. The summed E-state index contributed by atoms with van der Waals surface area (Å²) >= 11 is 0. The number of aryl methyl sites for hydroxylation is 1. The normalized spacial score (nSPS) is 18.7. The summed E-state index contributed by atoms with van der Waals surface area (Å²) < 4.78 is 17.0. The van der Waals surface area contributed by atoms with Crippen molar-refractivity contribution in [2.75, 3.05) is 6.61 Å². The maximum atomic E-state index is 12.9. The van der Waals surface area contributed by atoms with Crippen molar-refractivity contribution in [1.82, 2.24) is 0 Å². The van der Waals surface area contributed by atoms with Crippen molar-refractivity contribution < 1.29 is 23.5 Å². The number of fused-ring (bicyclic) bond motifs is 3. The first-order valence-electron chi connectivity index (χ1n) is 8.50. The molecule has 1 aromatic heterocycles. The van der Waals surface area contributed by atoms with Crippen LogP contribution in [0, 0.1) is 6.92 Å². The van der Waals surface area contributed by atoms with E-state index < -0.39 is 5.97 Å². The van der Waals surface area contributed by atoms with E-state index in [-0.39, 0.29) is 23.8 Å². The van der Waals surface area contributed by atoms with Crippen molar-refractivity contribution in [3.63, 3.8) is 0 Å². The monoisotopic (exact) mass is 328 g/mol. The molecule has 1 aliphatic carbocycles. The molecule has 5 heteroatoms. The summed E-state index contributed by atoms with van der Waals surface area (Å²) in [6.07, 6.45) is 4.45. The average molecular weight is 328 g/mol. The fraction of sp³-hybridized carbons (Fsp3) is 0.474. The minimum Gasteiger partial charge on any atom is -0.486 e. The molecule has 1 aromatic carbocycles. The Morgan fingerprint density at radius 3 is 2.75 bits per heavy atom. The third kappa shape index (κ3) is 2.14. The molecule has 2 aliphatic rings. The Kier molecular flexibility index (Phi) is 3.41. The van der Waals surface area contributed by atoms with Gasteiger partial charge in [-0.05, 0) is 51.7 Å². The molecule has 0 radical (unpaired) electrons. The lowest BCUT2D eigenvalue weighted by molar-refractivity contribution is 0.0452. The molecule has 126 valence electrons. The predicted molar refractivity (Wildman–Crippen MR) is 87.7 cm³/mol. The zero-order valence-electron chi connectivity index (χ0n) is 13.9. The van der Waals surface area contributed by atoms with Gasteiger partial charge in [0.25, 0.3) is 0 Å². The molecule has 5 nitrogen and oxygen atoms in total.